The van der Waals surface area contributed by atoms with Gasteiger partial charge in [0.15, 0.2) is 0 Å². The van der Waals surface area contributed by atoms with E-state index < -0.39 is 39.1 Å². The summed E-state index contributed by atoms with van der Waals surface area (Å²) in [5.41, 5.74) is 3.40. The van der Waals surface area contributed by atoms with Gasteiger partial charge >= 0.3 is 12.3 Å². The summed E-state index contributed by atoms with van der Waals surface area (Å²) in [5, 5.41) is 23.1. The van der Waals surface area contributed by atoms with Crippen molar-refractivity contribution in [1.29, 1.82) is 0 Å². The lowest BCUT2D eigenvalue weighted by Gasteiger charge is -2.31. The molecule has 0 spiro atoms. The first-order valence-corrected chi connectivity index (χ1v) is 16.6. The molecule has 0 bridgehead atoms. The third-order valence-corrected chi connectivity index (χ3v) is 10.2. The number of β-amino-alcohol motifs (C(OH)–C–C–N with tert-alkyl or cyclic N) is 1. The van der Waals surface area contributed by atoms with Crippen molar-refractivity contribution in [2.75, 3.05) is 20.1 Å². The van der Waals surface area contributed by atoms with E-state index in [4.69, 9.17) is 16.7 Å². The van der Waals surface area contributed by atoms with E-state index >= 15 is 0 Å². The Labute approximate surface area is 272 Å². The number of carbonyl (C=O) groups is 1. The molecule has 13 heteroatoms. The smallest absolute Gasteiger partial charge is 0.481 e. The van der Waals surface area contributed by atoms with Gasteiger partial charge < -0.3 is 20.3 Å². The number of likely N-dealkylation sites (N-methyl/N-ethyl adjacent to an activating group) is 1. The number of ether oxygens (including phenoxy) is 1. The van der Waals surface area contributed by atoms with Crippen molar-refractivity contribution in [3.05, 3.63) is 82.4 Å². The number of hydrogen-bond acceptors (Lipinski definition) is 6. The maximum Gasteiger partial charge on any atom is 0.573 e. The lowest BCUT2D eigenvalue weighted by atomic mass is 9.88. The molecular formula is C33H38ClF3N2O6S. The molecule has 0 saturated heterocycles. The van der Waals surface area contributed by atoms with Gasteiger partial charge in [-0.15, -0.1) is 13.2 Å². The topological polar surface area (TPSA) is 116 Å². The molecule has 46 heavy (non-hydrogen) atoms. The minimum atomic E-state index is -5.19. The molecule has 0 aromatic heterocycles. The van der Waals surface area contributed by atoms with Gasteiger partial charge in [0, 0.05) is 42.7 Å². The summed E-state index contributed by atoms with van der Waals surface area (Å²) < 4.78 is 72.2. The molecule has 0 amide bonds. The first-order valence-electron chi connectivity index (χ1n) is 14.8. The Kier molecular flexibility index (Phi) is 11.1. The molecule has 0 heterocycles. The number of rotatable bonds is 14. The van der Waals surface area contributed by atoms with Crippen molar-refractivity contribution in [2.24, 2.45) is 5.92 Å². The van der Waals surface area contributed by atoms with Gasteiger partial charge in [0.2, 0.25) is 10.0 Å². The van der Waals surface area contributed by atoms with Gasteiger partial charge in [-0.1, -0.05) is 54.1 Å². The van der Waals surface area contributed by atoms with Crippen LogP contribution >= 0.6 is 11.6 Å². The molecule has 4 rings (SSSR count). The van der Waals surface area contributed by atoms with Crippen LogP contribution < -0.4 is 10.1 Å². The lowest BCUT2D eigenvalue weighted by molar-refractivity contribution is -0.275. The summed E-state index contributed by atoms with van der Waals surface area (Å²) >= 11 is 6.36. The zero-order chi connectivity index (χ0) is 33.9. The Morgan fingerprint density at radius 2 is 1.74 bits per heavy atom. The third kappa shape index (κ3) is 9.45. The monoisotopic (exact) mass is 682 g/mol. The number of aliphatic hydroxyl groups excluding tert-OH is 1. The Bertz CT molecular complexity index is 1640. The number of aliphatic hydroxyl groups is 1. The van der Waals surface area contributed by atoms with Crippen LogP contribution in [0.1, 0.15) is 43.4 Å². The number of alkyl halides is 3. The molecular weight excluding hydrogens is 645 g/mol. The number of fused-ring (bicyclic) bond motifs is 1. The normalized spacial score (nSPS) is 14.8. The summed E-state index contributed by atoms with van der Waals surface area (Å²) in [6, 6.07) is 16.2. The van der Waals surface area contributed by atoms with Crippen LogP contribution in [0.15, 0.2) is 65.6 Å². The van der Waals surface area contributed by atoms with Crippen LogP contribution in [0.3, 0.4) is 0 Å². The molecule has 1 atom stereocenters. The van der Waals surface area contributed by atoms with E-state index in [2.05, 4.69) is 22.2 Å². The number of halogens is 4. The van der Waals surface area contributed by atoms with Crippen LogP contribution in [0.5, 0.6) is 5.75 Å². The van der Waals surface area contributed by atoms with E-state index in [1.54, 1.807) is 6.07 Å². The molecule has 8 nitrogen and oxygen atoms in total. The molecule has 3 aromatic carbocycles. The second-order valence-corrected chi connectivity index (χ2v) is 14.8. The molecule has 3 N–H and O–H groups in total. The maximum atomic E-state index is 13.5. The van der Waals surface area contributed by atoms with Crippen LogP contribution in [0.2, 0.25) is 5.02 Å². The largest absolute Gasteiger partial charge is 0.573 e. The quantitative estimate of drug-likeness (QED) is 0.189. The Balaban J connectivity index is 1.45. The first kappa shape index (κ1) is 35.7. The molecule has 0 radical (unpaired) electrons. The van der Waals surface area contributed by atoms with Gasteiger partial charge in [-0.05, 0) is 85.9 Å². The number of aliphatic carboxylic acids is 1. The highest BCUT2D eigenvalue weighted by Gasteiger charge is 2.36. The van der Waals surface area contributed by atoms with Gasteiger partial charge in [0.1, 0.15) is 10.6 Å². The third-order valence-electron chi connectivity index (χ3n) is 8.05. The predicted octanol–water partition coefficient (Wildman–Crippen LogP) is 6.08. The molecule has 1 aliphatic rings. The van der Waals surface area contributed by atoms with E-state index in [1.807, 2.05) is 26.0 Å². The minimum absolute atomic E-state index is 0.0678. The van der Waals surface area contributed by atoms with Crippen molar-refractivity contribution in [1.82, 2.24) is 9.62 Å². The zero-order valence-corrected chi connectivity index (χ0v) is 27.3. The van der Waals surface area contributed by atoms with E-state index in [1.165, 1.54) is 36.4 Å². The van der Waals surface area contributed by atoms with Gasteiger partial charge in [-0.2, -0.15) is 4.31 Å². The van der Waals surface area contributed by atoms with Gasteiger partial charge in [0.25, 0.3) is 0 Å². The Hall–Kier alpha value is -3.16. The van der Waals surface area contributed by atoms with Crippen molar-refractivity contribution in [3.63, 3.8) is 0 Å². The lowest BCUT2D eigenvalue weighted by Crippen LogP contribution is -2.47. The fraction of sp³-hybridized carbons (Fsp3) is 0.424. The molecule has 0 aliphatic heterocycles. The minimum Gasteiger partial charge on any atom is -0.481 e. The Morgan fingerprint density at radius 3 is 2.33 bits per heavy atom. The molecule has 250 valence electrons. The predicted molar refractivity (Wildman–Crippen MR) is 169 cm³/mol. The molecule has 3 aromatic rings. The first-order chi connectivity index (χ1) is 21.4. The number of hydrogen-bond donors (Lipinski definition) is 3. The molecule has 1 unspecified atom stereocenters. The van der Waals surface area contributed by atoms with Gasteiger partial charge in [-0.25, -0.2) is 8.42 Å². The highest BCUT2D eigenvalue weighted by molar-refractivity contribution is 7.89. The van der Waals surface area contributed by atoms with Gasteiger partial charge in [0.05, 0.1) is 6.10 Å². The van der Waals surface area contributed by atoms with Crippen LogP contribution in [-0.2, 0) is 34.1 Å². The van der Waals surface area contributed by atoms with Crippen LogP contribution in [0, 0.1) is 5.92 Å². The van der Waals surface area contributed by atoms with E-state index in [9.17, 15) is 31.5 Å². The van der Waals surface area contributed by atoms with Crippen molar-refractivity contribution < 1.29 is 41.3 Å². The van der Waals surface area contributed by atoms with Crippen molar-refractivity contribution >= 4 is 27.6 Å². The number of nitrogens with one attached hydrogen (secondary N) is 1. The average Bonchev–Trinajstić information content (AvgIpc) is 3.35. The van der Waals surface area contributed by atoms with Crippen LogP contribution in [-0.4, -0.2) is 67.0 Å². The summed E-state index contributed by atoms with van der Waals surface area (Å²) in [6.07, 6.45) is -3.49. The fourth-order valence-corrected chi connectivity index (χ4v) is 7.51. The van der Waals surface area contributed by atoms with Gasteiger partial charge in [-0.3, -0.25) is 4.79 Å². The molecule has 0 fully saturated rings. The number of sulfonamides is 1. The SMILES string of the molecule is CN(CC(O)CNC(C)(C)CC1Cc2ccccc2C1)S(=O)(=O)c1ccc(-c2ccc(CCC(=O)O)cc2Cl)cc1OC(F)(F)F. The molecule has 1 aliphatic carbocycles. The molecule has 0 saturated carbocycles. The fourth-order valence-electron chi connectivity index (χ4n) is 5.90. The number of carboxylic acid groups (broad SMARTS) is 1. The highest BCUT2D eigenvalue weighted by atomic mass is 35.5. The highest BCUT2D eigenvalue weighted by Crippen LogP contribution is 2.38. The average molecular weight is 683 g/mol. The van der Waals surface area contributed by atoms with E-state index in [0.29, 0.717) is 17.0 Å². The van der Waals surface area contributed by atoms with Crippen molar-refractivity contribution in [2.45, 2.75) is 68.9 Å². The number of nitrogens with zero attached hydrogens (tertiary/aromatic N) is 1. The van der Waals surface area contributed by atoms with E-state index in [-0.39, 0.29) is 42.1 Å². The zero-order valence-electron chi connectivity index (χ0n) is 25.8. The Morgan fingerprint density at radius 1 is 1.09 bits per heavy atom. The van der Waals surface area contributed by atoms with Crippen molar-refractivity contribution in [3.8, 4) is 16.9 Å². The van der Waals surface area contributed by atoms with Crippen LogP contribution in [0.4, 0.5) is 13.2 Å². The number of benzene rings is 3. The second-order valence-electron chi connectivity index (χ2n) is 12.4. The standard InChI is InChI=1S/C33H38ClF3N2O6S/c1-32(2,18-22-14-23-6-4-5-7-24(23)15-22)38-19-26(40)20-39(3)46(43,44)30-12-10-25(17-29(30)45-33(35,36)37)27-11-8-21(16-28(27)34)9-13-31(41)42/h4-8,10-12,16-17,22,26,38,40H,9,13-15,18-20H2,1-3H3,(H,41,42). The summed E-state index contributed by atoms with van der Waals surface area (Å²) in [6.45, 7) is 3.72. The number of aryl methyl sites for hydroxylation is 1. The van der Waals surface area contributed by atoms with E-state index in [0.717, 1.165) is 35.7 Å². The maximum absolute atomic E-state index is 13.5. The van der Waals surface area contributed by atoms with Crippen LogP contribution in [0.25, 0.3) is 11.1 Å². The summed E-state index contributed by atoms with van der Waals surface area (Å²) in [5.74, 6) is -1.51. The summed E-state index contributed by atoms with van der Waals surface area (Å²) in [7, 11) is -3.36. The summed E-state index contributed by atoms with van der Waals surface area (Å²) in [4.78, 5) is 10.1. The number of carboxylic acids is 1. The second kappa shape index (κ2) is 14.3.